The predicted octanol–water partition coefficient (Wildman–Crippen LogP) is 6.20. The van der Waals surface area contributed by atoms with Gasteiger partial charge in [-0.25, -0.2) is 8.42 Å². The molecule has 0 aliphatic heterocycles. The Morgan fingerprint density at radius 2 is 1.63 bits per heavy atom. The van der Waals surface area contributed by atoms with Crippen LogP contribution in [0.15, 0.2) is 0 Å². The molecule has 5 heteroatoms. The first-order valence-corrected chi connectivity index (χ1v) is 16.6. The number of fused-ring (bicyclic) bond motifs is 5. The minimum absolute atomic E-state index is 0.0660. The lowest BCUT2D eigenvalue weighted by molar-refractivity contribution is -0.152. The minimum atomic E-state index is -3.19. The van der Waals surface area contributed by atoms with Gasteiger partial charge in [-0.2, -0.15) is 0 Å². The SMILES string of the molecule is CC[C@H]1C[C@@H]2[C@H](CC[C@]3(C)[C@@H]([C@H](C)CCC(=O)CS(=O)(=O)C4CC4)CC[C@@H]23)[C@@]2(C)CC[C@@H](O)C[C@@H]12. The molecule has 0 aromatic rings. The molecule has 0 aromatic carbocycles. The Bertz CT molecular complexity index is 909. The van der Waals surface area contributed by atoms with Gasteiger partial charge in [0.1, 0.15) is 11.5 Å². The first kappa shape index (κ1) is 26.2. The van der Waals surface area contributed by atoms with Gasteiger partial charge in [-0.3, -0.25) is 4.79 Å². The van der Waals surface area contributed by atoms with Crippen molar-refractivity contribution in [2.24, 2.45) is 52.3 Å². The molecular formula is C30H50O4S. The topological polar surface area (TPSA) is 71.4 Å². The average molecular weight is 507 g/mol. The van der Waals surface area contributed by atoms with Crippen LogP contribution in [0.5, 0.6) is 0 Å². The lowest BCUT2D eigenvalue weighted by Crippen LogP contribution is -2.56. The summed E-state index contributed by atoms with van der Waals surface area (Å²) in [6.07, 6.45) is 13.7. The number of ketones is 1. The van der Waals surface area contributed by atoms with Gasteiger partial charge >= 0.3 is 0 Å². The zero-order chi connectivity index (χ0) is 25.2. The van der Waals surface area contributed by atoms with E-state index in [9.17, 15) is 18.3 Å². The molecule has 0 radical (unpaired) electrons. The number of hydrogen-bond donors (Lipinski definition) is 1. The highest BCUT2D eigenvalue weighted by atomic mass is 32.2. The molecule has 1 N–H and O–H groups in total. The zero-order valence-corrected chi connectivity index (χ0v) is 23.5. The van der Waals surface area contributed by atoms with Crippen LogP contribution < -0.4 is 0 Å². The third kappa shape index (κ3) is 4.57. The summed E-state index contributed by atoms with van der Waals surface area (Å²) >= 11 is 0. The molecule has 5 fully saturated rings. The van der Waals surface area contributed by atoms with Crippen LogP contribution >= 0.6 is 0 Å². The third-order valence-corrected chi connectivity index (χ3v) is 14.6. The zero-order valence-electron chi connectivity index (χ0n) is 22.7. The van der Waals surface area contributed by atoms with Gasteiger partial charge in [0.15, 0.2) is 9.84 Å². The van der Waals surface area contributed by atoms with Gasteiger partial charge in [0.2, 0.25) is 0 Å². The summed E-state index contributed by atoms with van der Waals surface area (Å²) in [4.78, 5) is 12.5. The molecule has 0 heterocycles. The highest BCUT2D eigenvalue weighted by Gasteiger charge is 2.62. The van der Waals surface area contributed by atoms with Gasteiger partial charge in [0.25, 0.3) is 0 Å². The maximum absolute atomic E-state index is 12.5. The Hall–Kier alpha value is -0.420. The van der Waals surface area contributed by atoms with Crippen LogP contribution in [0.4, 0.5) is 0 Å². The van der Waals surface area contributed by atoms with Crippen LogP contribution in [0.25, 0.3) is 0 Å². The van der Waals surface area contributed by atoms with Crippen LogP contribution in [-0.4, -0.2) is 36.4 Å². The first-order chi connectivity index (χ1) is 16.5. The number of rotatable bonds is 8. The van der Waals surface area contributed by atoms with Crippen molar-refractivity contribution in [3.05, 3.63) is 0 Å². The van der Waals surface area contributed by atoms with Crippen LogP contribution in [0.1, 0.15) is 111 Å². The lowest BCUT2D eigenvalue weighted by atomic mass is 9.42. The van der Waals surface area contributed by atoms with E-state index in [2.05, 4.69) is 27.7 Å². The summed E-state index contributed by atoms with van der Waals surface area (Å²) in [6, 6.07) is 0. The van der Waals surface area contributed by atoms with E-state index in [1.54, 1.807) is 0 Å². The van der Waals surface area contributed by atoms with Crippen molar-refractivity contribution < 1.29 is 18.3 Å². The molecule has 0 saturated heterocycles. The summed E-state index contributed by atoms with van der Waals surface area (Å²) in [7, 11) is -3.19. The van der Waals surface area contributed by atoms with Gasteiger partial charge in [-0.05, 0) is 123 Å². The fourth-order valence-corrected chi connectivity index (χ4v) is 12.0. The van der Waals surface area contributed by atoms with Gasteiger partial charge in [0, 0.05) is 6.42 Å². The van der Waals surface area contributed by atoms with Crippen LogP contribution in [-0.2, 0) is 14.6 Å². The molecule has 5 rings (SSSR count). The Morgan fingerprint density at radius 1 is 0.943 bits per heavy atom. The Kier molecular flexibility index (Phi) is 7.04. The van der Waals surface area contributed by atoms with E-state index in [-0.39, 0.29) is 22.9 Å². The molecule has 4 nitrogen and oxygen atoms in total. The lowest BCUT2D eigenvalue weighted by Gasteiger charge is -2.63. The maximum atomic E-state index is 12.5. The number of aliphatic hydroxyl groups is 1. The van der Waals surface area contributed by atoms with E-state index >= 15 is 0 Å². The Labute approximate surface area is 214 Å². The summed E-state index contributed by atoms with van der Waals surface area (Å²) in [6.45, 7) is 9.86. The summed E-state index contributed by atoms with van der Waals surface area (Å²) < 4.78 is 24.5. The van der Waals surface area contributed by atoms with Crippen molar-refractivity contribution in [2.45, 2.75) is 123 Å². The summed E-state index contributed by atoms with van der Waals surface area (Å²) in [5, 5.41) is 10.3. The summed E-state index contributed by atoms with van der Waals surface area (Å²) in [5.41, 5.74) is 0.757. The first-order valence-electron chi connectivity index (χ1n) is 14.9. The molecule has 0 bridgehead atoms. The molecule has 0 amide bonds. The highest BCUT2D eigenvalue weighted by molar-refractivity contribution is 7.93. The van der Waals surface area contributed by atoms with Crippen molar-refractivity contribution in [3.63, 3.8) is 0 Å². The number of carbonyl (C=O) groups excluding carboxylic acids is 1. The molecule has 10 atom stereocenters. The molecule has 5 saturated carbocycles. The standard InChI is InChI=1S/C30H50O4S/c1-5-20-16-24-26-11-10-25(19(2)6-7-22(32)18-35(33,34)23-8-9-23)29(26,3)15-13-27(24)30(4)14-12-21(31)17-28(20)30/h19-21,23-28,31H,5-18H2,1-4H3/t19-,20+,21-,24+,25-,26+,27+,28+,29-,30-/m1/s1. The van der Waals surface area contributed by atoms with Crippen molar-refractivity contribution in [1.82, 2.24) is 0 Å². The molecule has 0 spiro atoms. The second kappa shape index (κ2) is 9.40. The van der Waals surface area contributed by atoms with Crippen molar-refractivity contribution in [1.29, 1.82) is 0 Å². The van der Waals surface area contributed by atoms with Gasteiger partial charge in [-0.1, -0.05) is 34.1 Å². The predicted molar refractivity (Wildman–Crippen MR) is 141 cm³/mol. The van der Waals surface area contributed by atoms with Gasteiger partial charge < -0.3 is 5.11 Å². The summed E-state index contributed by atoms with van der Waals surface area (Å²) in [5.74, 6) is 4.69. The van der Waals surface area contributed by atoms with Gasteiger partial charge in [0.05, 0.1) is 11.4 Å². The maximum Gasteiger partial charge on any atom is 0.160 e. The van der Waals surface area contributed by atoms with Crippen LogP contribution in [0.2, 0.25) is 0 Å². The second-order valence-corrected chi connectivity index (χ2v) is 16.4. The average Bonchev–Trinajstić information content (AvgIpc) is 3.60. The Balaban J connectivity index is 1.26. The fraction of sp³-hybridized carbons (Fsp3) is 0.967. The highest BCUT2D eigenvalue weighted by Crippen LogP contribution is 2.69. The van der Waals surface area contributed by atoms with E-state index in [1.165, 1.54) is 44.9 Å². The molecular weight excluding hydrogens is 456 g/mol. The van der Waals surface area contributed by atoms with Crippen molar-refractivity contribution >= 4 is 15.6 Å². The normalized spacial score (nSPS) is 46.4. The molecule has 0 unspecified atom stereocenters. The van der Waals surface area contributed by atoms with Crippen molar-refractivity contribution in [2.75, 3.05) is 5.75 Å². The van der Waals surface area contributed by atoms with E-state index in [4.69, 9.17) is 0 Å². The number of sulfone groups is 1. The molecule has 0 aromatic heterocycles. The third-order valence-electron chi connectivity index (χ3n) is 12.4. The number of Topliss-reactive ketones (excluding diaryl/α,β-unsaturated/α-hetero) is 1. The van der Waals surface area contributed by atoms with Crippen LogP contribution in [0, 0.1) is 52.3 Å². The minimum Gasteiger partial charge on any atom is -0.393 e. The number of aliphatic hydroxyl groups excluding tert-OH is 1. The molecule has 35 heavy (non-hydrogen) atoms. The molecule has 5 aliphatic rings. The molecule has 5 aliphatic carbocycles. The number of carbonyl (C=O) groups is 1. The van der Waals surface area contributed by atoms with E-state index in [1.807, 2.05) is 0 Å². The number of hydrogen-bond acceptors (Lipinski definition) is 4. The van der Waals surface area contributed by atoms with E-state index in [0.29, 0.717) is 35.0 Å². The van der Waals surface area contributed by atoms with E-state index < -0.39 is 9.84 Å². The van der Waals surface area contributed by atoms with Crippen LogP contribution in [0.3, 0.4) is 0 Å². The van der Waals surface area contributed by atoms with E-state index in [0.717, 1.165) is 55.8 Å². The largest absolute Gasteiger partial charge is 0.393 e. The quantitative estimate of drug-likeness (QED) is 0.425. The molecule has 200 valence electrons. The van der Waals surface area contributed by atoms with Crippen molar-refractivity contribution in [3.8, 4) is 0 Å². The smallest absolute Gasteiger partial charge is 0.160 e. The monoisotopic (exact) mass is 506 g/mol. The second-order valence-electron chi connectivity index (χ2n) is 14.1. The van der Waals surface area contributed by atoms with Gasteiger partial charge in [-0.15, -0.1) is 0 Å². The Morgan fingerprint density at radius 3 is 2.31 bits per heavy atom. The fourth-order valence-electron chi connectivity index (χ4n) is 10.3.